The van der Waals surface area contributed by atoms with Gasteiger partial charge in [-0.1, -0.05) is 18.2 Å². The number of allylic oxidation sites excluding steroid dienone is 3. The summed E-state index contributed by atoms with van der Waals surface area (Å²) in [5, 5.41) is 0. The van der Waals surface area contributed by atoms with E-state index >= 15 is 0 Å². The molecule has 0 bridgehead atoms. The van der Waals surface area contributed by atoms with Gasteiger partial charge < -0.3 is 4.74 Å². The van der Waals surface area contributed by atoms with Gasteiger partial charge in [-0.15, -0.1) is 0 Å². The minimum absolute atomic E-state index is 0.173. The maximum atomic E-state index is 13.5. The van der Waals surface area contributed by atoms with Gasteiger partial charge in [0.2, 0.25) is 0 Å². The molecule has 0 amide bonds. The van der Waals surface area contributed by atoms with Crippen molar-refractivity contribution in [1.29, 1.82) is 0 Å². The highest BCUT2D eigenvalue weighted by atomic mass is 19.1. The first-order valence-corrected chi connectivity index (χ1v) is 3.46. The van der Waals surface area contributed by atoms with Crippen molar-refractivity contribution in [3.63, 3.8) is 0 Å². The van der Waals surface area contributed by atoms with Crippen LogP contribution in [0.3, 0.4) is 0 Å². The van der Waals surface area contributed by atoms with Crippen LogP contribution in [0, 0.1) is 0 Å². The number of ether oxygens (including phenoxy) is 1. The van der Waals surface area contributed by atoms with E-state index in [-0.39, 0.29) is 6.10 Å². The first-order chi connectivity index (χ1) is 4.81. The van der Waals surface area contributed by atoms with Gasteiger partial charge >= 0.3 is 0 Å². The fourth-order valence-electron chi connectivity index (χ4n) is 1.17. The van der Waals surface area contributed by atoms with Gasteiger partial charge in [0.15, 0.2) is 5.67 Å². The predicted octanol–water partition coefficient (Wildman–Crippen LogP) is 1.61. The van der Waals surface area contributed by atoms with E-state index in [1.807, 2.05) is 12.2 Å². The minimum Gasteiger partial charge on any atom is -0.369 e. The molecule has 10 heavy (non-hydrogen) atoms. The van der Waals surface area contributed by atoms with E-state index in [0.717, 1.165) is 0 Å². The molecule has 1 aliphatic heterocycles. The summed E-state index contributed by atoms with van der Waals surface area (Å²) < 4.78 is 18.4. The van der Waals surface area contributed by atoms with Crippen molar-refractivity contribution in [3.05, 3.63) is 24.3 Å². The van der Waals surface area contributed by atoms with E-state index in [1.165, 1.54) is 0 Å². The van der Waals surface area contributed by atoms with Crippen molar-refractivity contribution in [2.45, 2.75) is 18.2 Å². The molecular weight excluding hydrogens is 131 g/mol. The van der Waals surface area contributed by atoms with Gasteiger partial charge in [-0.2, -0.15) is 0 Å². The fourth-order valence-corrected chi connectivity index (χ4v) is 1.17. The Morgan fingerprint density at radius 2 is 2.30 bits per heavy atom. The molecule has 54 valence electrons. The van der Waals surface area contributed by atoms with Gasteiger partial charge in [-0.05, 0) is 6.08 Å². The molecule has 0 aromatic rings. The number of halogens is 1. The molecule has 0 saturated carbocycles. The van der Waals surface area contributed by atoms with E-state index in [9.17, 15) is 4.39 Å². The Bertz CT molecular complexity index is 193. The molecule has 1 fully saturated rings. The number of hydrogen-bond donors (Lipinski definition) is 0. The second-order valence-corrected chi connectivity index (χ2v) is 2.74. The largest absolute Gasteiger partial charge is 0.369 e. The maximum Gasteiger partial charge on any atom is 0.161 e. The molecule has 0 aromatic heterocycles. The quantitative estimate of drug-likeness (QED) is 0.504. The second-order valence-electron chi connectivity index (χ2n) is 2.74. The summed E-state index contributed by atoms with van der Waals surface area (Å²) in [6, 6.07) is 0. The third-order valence-electron chi connectivity index (χ3n) is 1.92. The molecule has 2 heteroatoms. The lowest BCUT2D eigenvalue weighted by molar-refractivity contribution is 0.170. The summed E-state index contributed by atoms with van der Waals surface area (Å²) in [7, 11) is 0. The molecule has 2 unspecified atom stereocenters. The maximum absolute atomic E-state index is 13.5. The van der Waals surface area contributed by atoms with Crippen LogP contribution in [-0.2, 0) is 4.74 Å². The van der Waals surface area contributed by atoms with Crippen molar-refractivity contribution in [2.75, 3.05) is 6.61 Å². The first-order valence-electron chi connectivity index (χ1n) is 3.46. The van der Waals surface area contributed by atoms with Gasteiger partial charge in [-0.25, -0.2) is 4.39 Å². The zero-order valence-corrected chi connectivity index (χ0v) is 5.59. The van der Waals surface area contributed by atoms with Crippen LogP contribution in [0.15, 0.2) is 24.3 Å². The lowest BCUT2D eigenvalue weighted by Gasteiger charge is -2.18. The van der Waals surface area contributed by atoms with Crippen LogP contribution in [0.2, 0.25) is 0 Å². The topological polar surface area (TPSA) is 12.5 Å². The second kappa shape index (κ2) is 1.92. The Morgan fingerprint density at radius 3 is 2.80 bits per heavy atom. The van der Waals surface area contributed by atoms with Gasteiger partial charge in [0, 0.05) is 6.42 Å². The Hall–Kier alpha value is -0.630. The Morgan fingerprint density at radius 1 is 1.50 bits per heavy atom. The smallest absolute Gasteiger partial charge is 0.161 e. The standard InChI is InChI=1S/C8H9FO/c9-8(7-6-10-7)4-2-1-3-5-8/h1-4,7H,5-6H2. The highest BCUT2D eigenvalue weighted by Gasteiger charge is 2.45. The number of rotatable bonds is 1. The Labute approximate surface area is 59.2 Å². The number of alkyl halides is 1. The van der Waals surface area contributed by atoms with Crippen LogP contribution in [0.25, 0.3) is 0 Å². The van der Waals surface area contributed by atoms with Gasteiger partial charge in [0.1, 0.15) is 6.10 Å². The molecule has 0 radical (unpaired) electrons. The molecule has 1 aliphatic carbocycles. The third kappa shape index (κ3) is 0.886. The molecule has 1 nitrogen and oxygen atoms in total. The lowest BCUT2D eigenvalue weighted by atomic mass is 9.94. The van der Waals surface area contributed by atoms with Gasteiger partial charge in [-0.3, -0.25) is 0 Å². The van der Waals surface area contributed by atoms with Crippen molar-refractivity contribution < 1.29 is 9.13 Å². The average Bonchev–Trinajstić information content (AvgIpc) is 2.69. The molecule has 2 rings (SSSR count). The van der Waals surface area contributed by atoms with E-state index in [1.54, 1.807) is 12.2 Å². The molecule has 0 N–H and O–H groups in total. The summed E-state index contributed by atoms with van der Waals surface area (Å²) in [6.45, 7) is 0.578. The fraction of sp³-hybridized carbons (Fsp3) is 0.500. The Kier molecular flexibility index (Phi) is 1.17. The molecule has 0 aromatic carbocycles. The summed E-state index contributed by atoms with van der Waals surface area (Å²) in [5.41, 5.74) is -1.20. The molecule has 1 heterocycles. The highest BCUT2D eigenvalue weighted by molar-refractivity contribution is 5.22. The first kappa shape index (κ1) is 6.10. The van der Waals surface area contributed by atoms with Crippen molar-refractivity contribution >= 4 is 0 Å². The average molecular weight is 140 g/mol. The van der Waals surface area contributed by atoms with Crippen LogP contribution in [0.5, 0.6) is 0 Å². The SMILES string of the molecule is FC1(C2CO2)C=CC=CC1. The lowest BCUT2D eigenvalue weighted by Crippen LogP contribution is -2.27. The molecule has 0 spiro atoms. The summed E-state index contributed by atoms with van der Waals surface area (Å²) in [6.07, 6.45) is 7.32. The minimum atomic E-state index is -1.20. The van der Waals surface area contributed by atoms with Crippen LogP contribution in [0.1, 0.15) is 6.42 Å². The van der Waals surface area contributed by atoms with Gasteiger partial charge in [0.05, 0.1) is 6.61 Å². The molecule has 1 saturated heterocycles. The molecule has 2 atom stereocenters. The summed E-state index contributed by atoms with van der Waals surface area (Å²) >= 11 is 0. The molecular formula is C8H9FO. The van der Waals surface area contributed by atoms with Crippen molar-refractivity contribution in [1.82, 2.24) is 0 Å². The number of epoxide rings is 1. The zero-order valence-electron chi connectivity index (χ0n) is 5.59. The van der Waals surface area contributed by atoms with Crippen LogP contribution in [-0.4, -0.2) is 18.4 Å². The van der Waals surface area contributed by atoms with E-state index in [0.29, 0.717) is 13.0 Å². The summed E-state index contributed by atoms with van der Waals surface area (Å²) in [5.74, 6) is 0. The van der Waals surface area contributed by atoms with E-state index in [4.69, 9.17) is 4.74 Å². The van der Waals surface area contributed by atoms with Crippen molar-refractivity contribution in [2.24, 2.45) is 0 Å². The monoisotopic (exact) mass is 140 g/mol. The van der Waals surface area contributed by atoms with E-state index < -0.39 is 5.67 Å². The predicted molar refractivity (Wildman–Crippen MR) is 36.5 cm³/mol. The molecule has 2 aliphatic rings. The highest BCUT2D eigenvalue weighted by Crippen LogP contribution is 2.34. The summed E-state index contributed by atoms with van der Waals surface area (Å²) in [4.78, 5) is 0. The van der Waals surface area contributed by atoms with Crippen LogP contribution >= 0.6 is 0 Å². The van der Waals surface area contributed by atoms with E-state index in [2.05, 4.69) is 0 Å². The van der Waals surface area contributed by atoms with Crippen LogP contribution < -0.4 is 0 Å². The zero-order chi connectivity index (χ0) is 7.03. The van der Waals surface area contributed by atoms with Crippen LogP contribution in [0.4, 0.5) is 4.39 Å². The van der Waals surface area contributed by atoms with Crippen molar-refractivity contribution in [3.8, 4) is 0 Å². The Balaban J connectivity index is 2.14. The normalized spacial score (nSPS) is 43.9. The third-order valence-corrected chi connectivity index (χ3v) is 1.92. The number of hydrogen-bond acceptors (Lipinski definition) is 1. The van der Waals surface area contributed by atoms with Gasteiger partial charge in [0.25, 0.3) is 0 Å².